The van der Waals surface area contributed by atoms with Crippen LogP contribution in [0, 0.1) is 5.41 Å². The van der Waals surface area contributed by atoms with E-state index in [-0.39, 0.29) is 47.9 Å². The minimum Gasteiger partial charge on any atom is -0.496 e. The number of para-hydroxylation sites is 1. The van der Waals surface area contributed by atoms with Crippen molar-refractivity contribution in [3.05, 3.63) is 58.8 Å². The Hall–Kier alpha value is -4.22. The zero-order valence-corrected chi connectivity index (χ0v) is 23.5. The molecule has 9 nitrogen and oxygen atoms in total. The largest absolute Gasteiger partial charge is 0.496 e. The fourth-order valence-electron chi connectivity index (χ4n) is 5.45. The summed E-state index contributed by atoms with van der Waals surface area (Å²) < 4.78 is 66.6. The number of hydrogen-bond acceptors (Lipinski definition) is 7. The SMILES string of the molecule is COc1ccccc1CN1C(=O)[C@](NC(=O)c2cc(OC)c(OC)c(OC)c2)(C(F)(F)F)C2=C1CC(C)(C)CC2=O. The van der Waals surface area contributed by atoms with E-state index in [4.69, 9.17) is 18.9 Å². The maximum atomic E-state index is 15.2. The van der Waals surface area contributed by atoms with Crippen LogP contribution < -0.4 is 24.3 Å². The van der Waals surface area contributed by atoms with Crippen molar-refractivity contribution in [1.82, 2.24) is 10.2 Å². The van der Waals surface area contributed by atoms with Gasteiger partial charge in [-0.05, 0) is 30.0 Å². The summed E-state index contributed by atoms with van der Waals surface area (Å²) in [4.78, 5) is 41.9. The molecule has 0 saturated heterocycles. The fraction of sp³-hybridized carbons (Fsp3) is 0.414. The number of hydrogen-bond donors (Lipinski definition) is 1. The minimum absolute atomic E-state index is 0.00679. The Morgan fingerprint density at radius 1 is 0.927 bits per heavy atom. The molecule has 1 aliphatic heterocycles. The lowest BCUT2D eigenvalue weighted by Crippen LogP contribution is -2.66. The summed E-state index contributed by atoms with van der Waals surface area (Å²) in [7, 11) is 5.30. The standard InChI is InChI=1S/C29H31F3N2O7/c1-27(2)13-18-23(19(35)14-27)28(29(30,31)32,26(37)34(18)15-16-9-7-8-10-20(16)38-3)33-25(36)17-11-21(39-4)24(41-6)22(12-17)40-5/h7-12H,13-15H2,1-6H3,(H,33,36)/t28-/m0/s1. The highest BCUT2D eigenvalue weighted by Gasteiger charge is 2.71. The van der Waals surface area contributed by atoms with Crippen LogP contribution in [-0.2, 0) is 16.1 Å². The highest BCUT2D eigenvalue weighted by Crippen LogP contribution is 2.52. The number of ketones is 1. The van der Waals surface area contributed by atoms with Gasteiger partial charge < -0.3 is 29.2 Å². The van der Waals surface area contributed by atoms with Crippen molar-refractivity contribution in [2.24, 2.45) is 5.41 Å². The van der Waals surface area contributed by atoms with Crippen LogP contribution >= 0.6 is 0 Å². The first-order chi connectivity index (χ1) is 19.2. The van der Waals surface area contributed by atoms with E-state index in [0.29, 0.717) is 11.3 Å². The van der Waals surface area contributed by atoms with E-state index in [9.17, 15) is 14.4 Å². The van der Waals surface area contributed by atoms with Gasteiger partial charge in [-0.3, -0.25) is 14.4 Å². The third kappa shape index (κ3) is 4.95. The number of Topliss-reactive ketones (excluding diaryl/α,β-unsaturated/α-hetero) is 1. The molecular weight excluding hydrogens is 545 g/mol. The molecule has 1 N–H and O–H groups in total. The molecule has 0 bridgehead atoms. The van der Waals surface area contributed by atoms with E-state index in [0.717, 1.165) is 17.0 Å². The number of amides is 2. The highest BCUT2D eigenvalue weighted by atomic mass is 19.4. The normalized spacial score (nSPS) is 20.1. The Balaban J connectivity index is 1.89. The molecule has 2 aliphatic rings. The molecule has 1 heterocycles. The first kappa shape index (κ1) is 29.8. The van der Waals surface area contributed by atoms with E-state index in [1.165, 1.54) is 28.4 Å². The molecule has 220 valence electrons. The Morgan fingerprint density at radius 2 is 1.51 bits per heavy atom. The Morgan fingerprint density at radius 3 is 2.05 bits per heavy atom. The molecule has 1 aliphatic carbocycles. The molecule has 41 heavy (non-hydrogen) atoms. The van der Waals surface area contributed by atoms with E-state index in [1.807, 2.05) is 5.32 Å². The summed E-state index contributed by atoms with van der Waals surface area (Å²) in [6, 6.07) is 8.90. The number of nitrogens with one attached hydrogen (secondary N) is 1. The van der Waals surface area contributed by atoms with Gasteiger partial charge in [0.05, 0.1) is 40.6 Å². The molecule has 0 radical (unpaired) electrons. The van der Waals surface area contributed by atoms with Crippen molar-refractivity contribution < 1.29 is 46.5 Å². The van der Waals surface area contributed by atoms with Crippen molar-refractivity contribution in [3.63, 3.8) is 0 Å². The van der Waals surface area contributed by atoms with Crippen molar-refractivity contribution in [3.8, 4) is 23.0 Å². The van der Waals surface area contributed by atoms with Gasteiger partial charge in [-0.15, -0.1) is 0 Å². The molecule has 0 unspecified atom stereocenters. The molecule has 2 amide bonds. The molecule has 0 fully saturated rings. The van der Waals surface area contributed by atoms with Crippen LogP contribution in [-0.4, -0.2) is 62.7 Å². The Bertz CT molecular complexity index is 1410. The molecule has 2 aromatic carbocycles. The van der Waals surface area contributed by atoms with Gasteiger partial charge in [-0.1, -0.05) is 32.0 Å². The summed E-state index contributed by atoms with van der Waals surface area (Å²) in [5, 5.41) is 1.92. The van der Waals surface area contributed by atoms with Gasteiger partial charge in [0, 0.05) is 23.2 Å². The lowest BCUT2D eigenvalue weighted by atomic mass is 9.72. The van der Waals surface area contributed by atoms with Gasteiger partial charge >= 0.3 is 6.18 Å². The van der Waals surface area contributed by atoms with E-state index in [1.54, 1.807) is 38.1 Å². The molecule has 12 heteroatoms. The average Bonchev–Trinajstić information content (AvgIpc) is 3.14. The number of halogens is 3. The van der Waals surface area contributed by atoms with Gasteiger partial charge in [0.2, 0.25) is 11.3 Å². The maximum Gasteiger partial charge on any atom is 0.425 e. The monoisotopic (exact) mass is 576 g/mol. The van der Waals surface area contributed by atoms with Gasteiger partial charge in [0.15, 0.2) is 17.3 Å². The molecule has 0 aromatic heterocycles. The van der Waals surface area contributed by atoms with Crippen molar-refractivity contribution in [1.29, 1.82) is 0 Å². The van der Waals surface area contributed by atoms with Gasteiger partial charge in [0.1, 0.15) is 5.75 Å². The van der Waals surface area contributed by atoms with Gasteiger partial charge in [0.25, 0.3) is 11.8 Å². The molecular formula is C29H31F3N2O7. The zero-order chi connectivity index (χ0) is 30.3. The predicted molar refractivity (Wildman–Crippen MR) is 141 cm³/mol. The summed E-state index contributed by atoms with van der Waals surface area (Å²) in [6.45, 7) is 3.17. The summed E-state index contributed by atoms with van der Waals surface area (Å²) >= 11 is 0. The second-order valence-corrected chi connectivity index (χ2v) is 10.6. The highest BCUT2D eigenvalue weighted by molar-refractivity contribution is 6.14. The van der Waals surface area contributed by atoms with Crippen LogP contribution in [0.2, 0.25) is 0 Å². The van der Waals surface area contributed by atoms with Crippen molar-refractivity contribution in [2.45, 2.75) is 44.9 Å². The molecule has 2 aromatic rings. The number of nitrogens with zero attached hydrogens (tertiary/aromatic N) is 1. The first-order valence-corrected chi connectivity index (χ1v) is 12.6. The number of ether oxygens (including phenoxy) is 4. The molecule has 4 rings (SSSR count). The maximum absolute atomic E-state index is 15.2. The molecule has 1 atom stereocenters. The second-order valence-electron chi connectivity index (χ2n) is 10.6. The minimum atomic E-state index is -5.37. The third-order valence-corrected chi connectivity index (χ3v) is 7.29. The van der Waals surface area contributed by atoms with Gasteiger partial charge in [-0.2, -0.15) is 13.2 Å². The summed E-state index contributed by atoms with van der Waals surface area (Å²) in [6.07, 6.45) is -5.60. The number of alkyl halides is 3. The molecule has 0 saturated carbocycles. The van der Waals surface area contributed by atoms with Crippen LogP contribution in [0.1, 0.15) is 42.6 Å². The first-order valence-electron chi connectivity index (χ1n) is 12.6. The predicted octanol–water partition coefficient (Wildman–Crippen LogP) is 4.44. The van der Waals surface area contributed by atoms with E-state index >= 15 is 13.2 Å². The quantitative estimate of drug-likeness (QED) is 0.496. The summed E-state index contributed by atoms with van der Waals surface area (Å²) in [5.74, 6) is -3.10. The average molecular weight is 577 g/mol. The van der Waals surface area contributed by atoms with Crippen LogP contribution in [0.4, 0.5) is 13.2 Å². The third-order valence-electron chi connectivity index (χ3n) is 7.29. The van der Waals surface area contributed by atoms with Crippen LogP contribution in [0.5, 0.6) is 23.0 Å². The lowest BCUT2D eigenvalue weighted by Gasteiger charge is -2.35. The topological polar surface area (TPSA) is 103 Å². The van der Waals surface area contributed by atoms with E-state index < -0.39 is 40.3 Å². The number of benzene rings is 2. The number of rotatable bonds is 8. The van der Waals surface area contributed by atoms with E-state index in [2.05, 4.69) is 0 Å². The van der Waals surface area contributed by atoms with Crippen molar-refractivity contribution >= 4 is 17.6 Å². The number of carbonyl (C=O) groups excluding carboxylic acids is 3. The van der Waals surface area contributed by atoms with Crippen LogP contribution in [0.15, 0.2) is 47.7 Å². The zero-order valence-electron chi connectivity index (χ0n) is 23.5. The Kier molecular flexibility index (Phi) is 7.72. The van der Waals surface area contributed by atoms with Gasteiger partial charge in [-0.25, -0.2) is 0 Å². The smallest absolute Gasteiger partial charge is 0.425 e. The Labute approximate surface area is 235 Å². The number of allylic oxidation sites excluding steroid dienone is 1. The summed E-state index contributed by atoms with van der Waals surface area (Å²) in [5.41, 5.74) is -5.06. The fourth-order valence-corrected chi connectivity index (χ4v) is 5.45. The lowest BCUT2D eigenvalue weighted by molar-refractivity contribution is -0.190. The van der Waals surface area contributed by atoms with Crippen LogP contribution in [0.25, 0.3) is 0 Å². The number of carbonyl (C=O) groups is 3. The number of methoxy groups -OCH3 is 4. The second kappa shape index (κ2) is 10.6. The van der Waals surface area contributed by atoms with Crippen LogP contribution in [0.3, 0.4) is 0 Å². The molecule has 0 spiro atoms. The van der Waals surface area contributed by atoms with Crippen molar-refractivity contribution in [2.75, 3.05) is 28.4 Å².